The van der Waals surface area contributed by atoms with Crippen molar-refractivity contribution in [2.75, 3.05) is 44.0 Å². The van der Waals surface area contributed by atoms with Crippen LogP contribution in [0.4, 0.5) is 11.8 Å². The fourth-order valence-electron chi connectivity index (χ4n) is 3.25. The Hall–Kier alpha value is -2.97. The van der Waals surface area contributed by atoms with Crippen LogP contribution in [0.15, 0.2) is 6.20 Å². The van der Waals surface area contributed by atoms with E-state index in [9.17, 15) is 4.79 Å². The standard InChI is InChI=1S/C20H29N7O2/c1-7-29-18-12(2)10-21-20(25-18)23-15-8-9-27(11-15)17-13(3)14(4)22-16(24-17)19(28)26(5)6/h10,15H,7-9,11H2,1-6H3,(H,21,23,25)/t15-/m1/s1. The van der Waals surface area contributed by atoms with Crippen LogP contribution in [0.1, 0.15) is 40.8 Å². The van der Waals surface area contributed by atoms with Crippen LogP contribution in [-0.2, 0) is 0 Å². The first-order chi connectivity index (χ1) is 13.8. The third-order valence-electron chi connectivity index (χ3n) is 4.99. The summed E-state index contributed by atoms with van der Waals surface area (Å²) in [4.78, 5) is 33.8. The van der Waals surface area contributed by atoms with Gasteiger partial charge in [0.1, 0.15) is 5.82 Å². The zero-order valence-corrected chi connectivity index (χ0v) is 18.0. The SMILES string of the molecule is CCOc1nc(N[C@@H]2CCN(c3nc(C(=O)N(C)C)nc(C)c3C)C2)ncc1C. The van der Waals surface area contributed by atoms with Crippen molar-refractivity contribution >= 4 is 17.7 Å². The highest BCUT2D eigenvalue weighted by atomic mass is 16.5. The van der Waals surface area contributed by atoms with E-state index in [-0.39, 0.29) is 17.8 Å². The third-order valence-corrected chi connectivity index (χ3v) is 4.99. The molecule has 1 amide bonds. The van der Waals surface area contributed by atoms with Gasteiger partial charge in [0.25, 0.3) is 5.91 Å². The van der Waals surface area contributed by atoms with Crippen LogP contribution in [0.5, 0.6) is 5.88 Å². The van der Waals surface area contributed by atoms with Crippen molar-refractivity contribution in [2.45, 2.75) is 40.2 Å². The van der Waals surface area contributed by atoms with Crippen LogP contribution in [0.3, 0.4) is 0 Å². The second-order valence-electron chi connectivity index (χ2n) is 7.47. The Morgan fingerprint density at radius 3 is 2.72 bits per heavy atom. The topological polar surface area (TPSA) is 96.4 Å². The Morgan fingerprint density at radius 1 is 1.28 bits per heavy atom. The lowest BCUT2D eigenvalue weighted by Gasteiger charge is -2.22. The van der Waals surface area contributed by atoms with Crippen LogP contribution < -0.4 is 15.0 Å². The molecule has 156 valence electrons. The van der Waals surface area contributed by atoms with E-state index in [0.29, 0.717) is 18.4 Å². The number of ether oxygens (including phenoxy) is 1. The first-order valence-electron chi connectivity index (χ1n) is 9.85. The molecule has 0 unspecified atom stereocenters. The van der Waals surface area contributed by atoms with Gasteiger partial charge in [-0.15, -0.1) is 0 Å². The van der Waals surface area contributed by atoms with Gasteiger partial charge in [-0.05, 0) is 34.1 Å². The van der Waals surface area contributed by atoms with Gasteiger partial charge in [-0.25, -0.2) is 15.0 Å². The second kappa shape index (κ2) is 8.59. The van der Waals surface area contributed by atoms with Gasteiger partial charge < -0.3 is 19.9 Å². The van der Waals surface area contributed by atoms with E-state index >= 15 is 0 Å². The highest BCUT2D eigenvalue weighted by molar-refractivity contribution is 5.90. The molecule has 3 rings (SSSR count). The monoisotopic (exact) mass is 399 g/mol. The number of hydrogen-bond acceptors (Lipinski definition) is 8. The van der Waals surface area contributed by atoms with Gasteiger partial charge in [-0.2, -0.15) is 4.98 Å². The Bertz CT molecular complexity index is 901. The smallest absolute Gasteiger partial charge is 0.291 e. The van der Waals surface area contributed by atoms with E-state index in [1.807, 2.05) is 27.7 Å². The molecule has 0 radical (unpaired) electrons. The Kier molecular flexibility index (Phi) is 6.14. The summed E-state index contributed by atoms with van der Waals surface area (Å²) in [5.74, 6) is 2.01. The van der Waals surface area contributed by atoms with Crippen molar-refractivity contribution in [3.63, 3.8) is 0 Å². The highest BCUT2D eigenvalue weighted by Gasteiger charge is 2.27. The van der Waals surface area contributed by atoms with Crippen molar-refractivity contribution in [1.29, 1.82) is 0 Å². The third kappa shape index (κ3) is 4.55. The number of rotatable bonds is 6. The van der Waals surface area contributed by atoms with Crippen molar-refractivity contribution in [3.05, 3.63) is 28.8 Å². The lowest BCUT2D eigenvalue weighted by molar-refractivity contribution is 0.0815. The van der Waals surface area contributed by atoms with Crippen molar-refractivity contribution < 1.29 is 9.53 Å². The minimum absolute atomic E-state index is 0.176. The predicted octanol–water partition coefficient (Wildman–Crippen LogP) is 1.98. The van der Waals surface area contributed by atoms with Crippen LogP contribution in [0.25, 0.3) is 0 Å². The van der Waals surface area contributed by atoms with Crippen molar-refractivity contribution in [2.24, 2.45) is 0 Å². The largest absolute Gasteiger partial charge is 0.478 e. The summed E-state index contributed by atoms with van der Waals surface area (Å²) in [5, 5.41) is 3.39. The van der Waals surface area contributed by atoms with E-state index in [1.165, 1.54) is 4.90 Å². The maximum absolute atomic E-state index is 12.3. The summed E-state index contributed by atoms with van der Waals surface area (Å²) in [6, 6.07) is 0.176. The number of nitrogens with zero attached hydrogens (tertiary/aromatic N) is 6. The molecular formula is C20H29N7O2. The summed E-state index contributed by atoms with van der Waals surface area (Å²) >= 11 is 0. The highest BCUT2D eigenvalue weighted by Crippen LogP contribution is 2.25. The molecule has 1 aliphatic heterocycles. The van der Waals surface area contributed by atoms with Gasteiger partial charge in [0.05, 0.1) is 6.61 Å². The Labute approximate surface area is 171 Å². The number of hydrogen-bond donors (Lipinski definition) is 1. The van der Waals surface area contributed by atoms with E-state index in [0.717, 1.165) is 42.1 Å². The molecule has 9 heteroatoms. The summed E-state index contributed by atoms with van der Waals surface area (Å²) in [6.45, 7) is 9.91. The van der Waals surface area contributed by atoms with Crippen molar-refractivity contribution in [1.82, 2.24) is 24.8 Å². The first-order valence-corrected chi connectivity index (χ1v) is 9.85. The van der Waals surface area contributed by atoms with Crippen LogP contribution >= 0.6 is 0 Å². The van der Waals surface area contributed by atoms with Crippen LogP contribution in [0.2, 0.25) is 0 Å². The molecule has 29 heavy (non-hydrogen) atoms. The molecule has 1 N–H and O–H groups in total. The van der Waals surface area contributed by atoms with Crippen LogP contribution in [0, 0.1) is 20.8 Å². The van der Waals surface area contributed by atoms with Gasteiger partial charge in [0.15, 0.2) is 0 Å². The van der Waals surface area contributed by atoms with Crippen LogP contribution in [-0.4, -0.2) is 70.6 Å². The maximum atomic E-state index is 12.3. The summed E-state index contributed by atoms with van der Waals surface area (Å²) < 4.78 is 5.56. The van der Waals surface area contributed by atoms with Gasteiger partial charge >= 0.3 is 0 Å². The van der Waals surface area contributed by atoms with E-state index < -0.39 is 0 Å². The number of nitrogens with one attached hydrogen (secondary N) is 1. The molecule has 3 heterocycles. The van der Waals surface area contributed by atoms with E-state index in [2.05, 4.69) is 30.2 Å². The fraction of sp³-hybridized carbons (Fsp3) is 0.550. The number of carbonyl (C=O) groups excluding carboxylic acids is 1. The van der Waals surface area contributed by atoms with Gasteiger partial charge in [0.2, 0.25) is 17.7 Å². The van der Waals surface area contributed by atoms with Gasteiger partial charge in [-0.3, -0.25) is 4.79 Å². The summed E-state index contributed by atoms with van der Waals surface area (Å²) in [7, 11) is 3.41. The zero-order valence-electron chi connectivity index (χ0n) is 18.0. The second-order valence-corrected chi connectivity index (χ2v) is 7.47. The number of aromatic nitrogens is 4. The molecule has 0 aromatic carbocycles. The maximum Gasteiger partial charge on any atom is 0.291 e. The number of carbonyl (C=O) groups is 1. The molecule has 0 spiro atoms. The van der Waals surface area contributed by atoms with E-state index in [4.69, 9.17) is 4.74 Å². The molecular weight excluding hydrogens is 370 g/mol. The lowest BCUT2D eigenvalue weighted by Crippen LogP contribution is -2.30. The minimum Gasteiger partial charge on any atom is -0.478 e. The van der Waals surface area contributed by atoms with E-state index in [1.54, 1.807) is 20.3 Å². The molecule has 1 atom stereocenters. The summed E-state index contributed by atoms with van der Waals surface area (Å²) in [5.41, 5.74) is 2.72. The van der Waals surface area contributed by atoms with Crippen molar-refractivity contribution in [3.8, 4) is 5.88 Å². The van der Waals surface area contributed by atoms with Gasteiger partial charge in [0, 0.05) is 56.2 Å². The molecule has 9 nitrogen and oxygen atoms in total. The Morgan fingerprint density at radius 2 is 2.03 bits per heavy atom. The average Bonchev–Trinajstić information content (AvgIpc) is 3.14. The quantitative estimate of drug-likeness (QED) is 0.788. The molecule has 2 aromatic heterocycles. The fourth-order valence-corrected chi connectivity index (χ4v) is 3.25. The molecule has 0 aliphatic carbocycles. The molecule has 1 saturated heterocycles. The molecule has 0 bridgehead atoms. The summed E-state index contributed by atoms with van der Waals surface area (Å²) in [6.07, 6.45) is 2.69. The normalized spacial score (nSPS) is 16.1. The number of anilines is 2. The number of amides is 1. The molecule has 1 fully saturated rings. The lowest BCUT2D eigenvalue weighted by atomic mass is 10.2. The molecule has 0 saturated carbocycles. The average molecular weight is 399 g/mol. The van der Waals surface area contributed by atoms with Gasteiger partial charge in [-0.1, -0.05) is 0 Å². The minimum atomic E-state index is -0.195. The molecule has 2 aromatic rings. The number of aryl methyl sites for hydroxylation is 2. The zero-order chi connectivity index (χ0) is 21.1. The molecule has 1 aliphatic rings. The Balaban J connectivity index is 1.76. The first kappa shape index (κ1) is 20.8. The predicted molar refractivity (Wildman–Crippen MR) is 112 cm³/mol.